The van der Waals surface area contributed by atoms with Crippen LogP contribution < -0.4 is 5.32 Å². The molecule has 7 nitrogen and oxygen atoms in total. The first-order valence-corrected chi connectivity index (χ1v) is 9.53. The van der Waals surface area contributed by atoms with E-state index in [0.717, 1.165) is 49.1 Å². The first kappa shape index (κ1) is 18.2. The topological polar surface area (TPSA) is 80.1 Å². The number of benzene rings is 1. The first-order valence-electron chi connectivity index (χ1n) is 9.53. The van der Waals surface area contributed by atoms with Crippen LogP contribution >= 0.6 is 0 Å². The number of nitrogens with one attached hydrogen (secondary N) is 1. The molecule has 28 heavy (non-hydrogen) atoms. The van der Waals surface area contributed by atoms with E-state index in [1.807, 2.05) is 31.0 Å². The number of amides is 2. The van der Waals surface area contributed by atoms with Gasteiger partial charge in [0.2, 0.25) is 0 Å². The number of carbonyl (C=O) groups excluding carboxylic acids is 2. The molecule has 1 saturated heterocycles. The normalized spacial score (nSPS) is 14.3. The zero-order valence-corrected chi connectivity index (χ0v) is 16.1. The smallest absolute Gasteiger partial charge is 0.257 e. The number of nitrogens with zero attached hydrogens (tertiary/aromatic N) is 4. The SMILES string of the molecule is Cc1nn(C)c2ncc(C(=O)Nc3ccccc3C(=O)N3CCCCC3)cc12. The Hall–Kier alpha value is -3.22. The zero-order valence-electron chi connectivity index (χ0n) is 16.1. The summed E-state index contributed by atoms with van der Waals surface area (Å²) in [6.45, 7) is 3.42. The van der Waals surface area contributed by atoms with Crippen molar-refractivity contribution in [2.24, 2.45) is 7.05 Å². The van der Waals surface area contributed by atoms with Crippen molar-refractivity contribution in [3.05, 3.63) is 53.3 Å². The predicted molar refractivity (Wildman–Crippen MR) is 107 cm³/mol. The number of hydrogen-bond acceptors (Lipinski definition) is 4. The molecule has 3 heterocycles. The highest BCUT2D eigenvalue weighted by atomic mass is 16.2. The quantitative estimate of drug-likeness (QED) is 0.760. The first-order chi connectivity index (χ1) is 13.5. The molecule has 0 bridgehead atoms. The summed E-state index contributed by atoms with van der Waals surface area (Å²) in [6, 6.07) is 8.94. The fourth-order valence-electron chi connectivity index (χ4n) is 3.67. The maximum Gasteiger partial charge on any atom is 0.257 e. The van der Waals surface area contributed by atoms with Crippen molar-refractivity contribution in [3.63, 3.8) is 0 Å². The van der Waals surface area contributed by atoms with Gasteiger partial charge >= 0.3 is 0 Å². The Labute approximate surface area is 163 Å². The molecule has 4 rings (SSSR count). The number of carbonyl (C=O) groups is 2. The monoisotopic (exact) mass is 377 g/mol. The predicted octanol–water partition coefficient (Wildman–Crippen LogP) is 3.16. The van der Waals surface area contributed by atoms with Gasteiger partial charge in [-0.3, -0.25) is 14.3 Å². The van der Waals surface area contributed by atoms with Gasteiger partial charge in [0.25, 0.3) is 11.8 Å². The van der Waals surface area contributed by atoms with Gasteiger partial charge in [0, 0.05) is 31.7 Å². The third-order valence-electron chi connectivity index (χ3n) is 5.17. The number of rotatable bonds is 3. The molecule has 1 aromatic carbocycles. The van der Waals surface area contributed by atoms with Crippen LogP contribution in [0.1, 0.15) is 45.7 Å². The number of aryl methyl sites for hydroxylation is 2. The average Bonchev–Trinajstić information content (AvgIpc) is 3.01. The maximum absolute atomic E-state index is 12.9. The molecule has 0 radical (unpaired) electrons. The molecule has 2 aromatic heterocycles. The average molecular weight is 377 g/mol. The number of fused-ring (bicyclic) bond motifs is 1. The van der Waals surface area contributed by atoms with Crippen LogP contribution in [0.15, 0.2) is 36.5 Å². The number of likely N-dealkylation sites (tertiary alicyclic amines) is 1. The van der Waals surface area contributed by atoms with Crippen LogP contribution in [0, 0.1) is 6.92 Å². The zero-order chi connectivity index (χ0) is 19.7. The van der Waals surface area contributed by atoms with Gasteiger partial charge in [0.15, 0.2) is 5.65 Å². The number of para-hydroxylation sites is 1. The third kappa shape index (κ3) is 3.35. The summed E-state index contributed by atoms with van der Waals surface area (Å²) in [6.07, 6.45) is 4.74. The Balaban J connectivity index is 1.60. The molecule has 7 heteroatoms. The minimum atomic E-state index is -0.295. The molecule has 1 N–H and O–H groups in total. The van der Waals surface area contributed by atoms with Crippen LogP contribution in [-0.2, 0) is 7.05 Å². The van der Waals surface area contributed by atoms with Crippen LogP contribution in [0.25, 0.3) is 11.0 Å². The van der Waals surface area contributed by atoms with Crippen molar-refractivity contribution in [1.82, 2.24) is 19.7 Å². The Morgan fingerprint density at radius 1 is 1.11 bits per heavy atom. The van der Waals surface area contributed by atoms with Crippen LogP contribution in [0.4, 0.5) is 5.69 Å². The van der Waals surface area contributed by atoms with Gasteiger partial charge in [0.1, 0.15) is 0 Å². The molecule has 0 unspecified atom stereocenters. The van der Waals surface area contributed by atoms with E-state index in [4.69, 9.17) is 0 Å². The molecular weight excluding hydrogens is 354 g/mol. The Bertz CT molecular complexity index is 1050. The minimum Gasteiger partial charge on any atom is -0.339 e. The molecule has 144 valence electrons. The second kappa shape index (κ2) is 7.42. The summed E-state index contributed by atoms with van der Waals surface area (Å²) < 4.78 is 1.69. The summed E-state index contributed by atoms with van der Waals surface area (Å²) in [5.41, 5.74) is 3.02. The molecule has 2 amide bonds. The van der Waals surface area contributed by atoms with Gasteiger partial charge in [-0.2, -0.15) is 5.10 Å². The van der Waals surface area contributed by atoms with Gasteiger partial charge in [-0.25, -0.2) is 4.98 Å². The van der Waals surface area contributed by atoms with E-state index in [1.165, 1.54) is 6.20 Å². The van der Waals surface area contributed by atoms with E-state index in [-0.39, 0.29) is 11.8 Å². The second-order valence-electron chi connectivity index (χ2n) is 7.16. The highest BCUT2D eigenvalue weighted by molar-refractivity contribution is 6.09. The maximum atomic E-state index is 12.9. The van der Waals surface area contributed by atoms with Crippen molar-refractivity contribution in [2.45, 2.75) is 26.2 Å². The summed E-state index contributed by atoms with van der Waals surface area (Å²) in [5.74, 6) is -0.330. The van der Waals surface area contributed by atoms with E-state index in [9.17, 15) is 9.59 Å². The van der Waals surface area contributed by atoms with Crippen LogP contribution in [0.2, 0.25) is 0 Å². The molecule has 0 atom stereocenters. The van der Waals surface area contributed by atoms with Gasteiger partial charge in [-0.1, -0.05) is 12.1 Å². The Morgan fingerprint density at radius 2 is 1.86 bits per heavy atom. The van der Waals surface area contributed by atoms with E-state index in [0.29, 0.717) is 16.8 Å². The lowest BCUT2D eigenvalue weighted by Gasteiger charge is -2.27. The molecule has 3 aromatic rings. The van der Waals surface area contributed by atoms with Gasteiger partial charge in [-0.15, -0.1) is 0 Å². The number of aromatic nitrogens is 3. The highest BCUT2D eigenvalue weighted by Gasteiger charge is 2.21. The molecule has 1 aliphatic rings. The molecule has 1 aliphatic heterocycles. The van der Waals surface area contributed by atoms with Crippen molar-refractivity contribution < 1.29 is 9.59 Å². The van der Waals surface area contributed by atoms with Crippen molar-refractivity contribution in [2.75, 3.05) is 18.4 Å². The summed E-state index contributed by atoms with van der Waals surface area (Å²) in [7, 11) is 1.82. The molecule has 1 fully saturated rings. The summed E-state index contributed by atoms with van der Waals surface area (Å²) in [5, 5.41) is 8.06. The second-order valence-corrected chi connectivity index (χ2v) is 7.16. The number of anilines is 1. The van der Waals surface area contributed by atoms with E-state index in [1.54, 1.807) is 22.9 Å². The number of pyridine rings is 1. The lowest BCUT2D eigenvalue weighted by Crippen LogP contribution is -2.36. The Kier molecular flexibility index (Phi) is 4.81. The molecule has 0 spiro atoms. The van der Waals surface area contributed by atoms with E-state index in [2.05, 4.69) is 15.4 Å². The molecular formula is C21H23N5O2. The summed E-state index contributed by atoms with van der Waals surface area (Å²) in [4.78, 5) is 32.0. The largest absolute Gasteiger partial charge is 0.339 e. The highest BCUT2D eigenvalue weighted by Crippen LogP contribution is 2.22. The van der Waals surface area contributed by atoms with Crippen LogP contribution in [0.3, 0.4) is 0 Å². The fraction of sp³-hybridized carbons (Fsp3) is 0.333. The molecule has 0 saturated carbocycles. The minimum absolute atomic E-state index is 0.0349. The van der Waals surface area contributed by atoms with Crippen molar-refractivity contribution in [3.8, 4) is 0 Å². The van der Waals surface area contributed by atoms with E-state index >= 15 is 0 Å². The van der Waals surface area contributed by atoms with Gasteiger partial charge in [0.05, 0.1) is 22.5 Å². The third-order valence-corrected chi connectivity index (χ3v) is 5.17. The lowest BCUT2D eigenvalue weighted by atomic mass is 10.1. The summed E-state index contributed by atoms with van der Waals surface area (Å²) >= 11 is 0. The van der Waals surface area contributed by atoms with Crippen molar-refractivity contribution in [1.29, 1.82) is 0 Å². The number of piperidine rings is 1. The van der Waals surface area contributed by atoms with E-state index < -0.39 is 0 Å². The lowest BCUT2D eigenvalue weighted by molar-refractivity contribution is 0.0725. The standard InChI is InChI=1S/C21H23N5O2/c1-14-17-12-15(13-22-19(17)25(2)24-14)20(27)23-18-9-5-4-8-16(18)21(28)26-10-6-3-7-11-26/h4-5,8-9,12-13H,3,6-7,10-11H2,1-2H3,(H,23,27). The number of hydrogen-bond donors (Lipinski definition) is 1. The van der Waals surface area contributed by atoms with Gasteiger partial charge in [-0.05, 0) is 44.4 Å². The van der Waals surface area contributed by atoms with Gasteiger partial charge < -0.3 is 10.2 Å². The van der Waals surface area contributed by atoms with Crippen molar-refractivity contribution >= 4 is 28.5 Å². The van der Waals surface area contributed by atoms with Crippen LogP contribution in [0.5, 0.6) is 0 Å². The Morgan fingerprint density at radius 3 is 2.64 bits per heavy atom. The molecule has 0 aliphatic carbocycles. The fourth-order valence-corrected chi connectivity index (χ4v) is 3.67. The van der Waals surface area contributed by atoms with Crippen LogP contribution in [-0.4, -0.2) is 44.6 Å².